The maximum Gasteiger partial charge on any atom is 0.323 e. The van der Waals surface area contributed by atoms with E-state index in [0.29, 0.717) is 35.8 Å². The SMILES string of the molecule is CC(C)c1noc([C@H]2CCCN(C(=O)Nc3nc(-c4ccccc4)ns3)C2)n1. The minimum Gasteiger partial charge on any atom is -0.339 e. The molecule has 3 heterocycles. The molecular weight excluding hydrogens is 376 g/mol. The maximum absolute atomic E-state index is 12.7. The van der Waals surface area contributed by atoms with E-state index in [2.05, 4.69) is 24.8 Å². The lowest BCUT2D eigenvalue weighted by Crippen LogP contribution is -2.41. The Balaban J connectivity index is 1.40. The largest absolute Gasteiger partial charge is 0.339 e. The molecule has 0 radical (unpaired) electrons. The minimum atomic E-state index is -0.177. The fraction of sp³-hybridized carbons (Fsp3) is 0.421. The maximum atomic E-state index is 12.7. The summed E-state index contributed by atoms with van der Waals surface area (Å²) in [5.74, 6) is 2.22. The van der Waals surface area contributed by atoms with E-state index in [9.17, 15) is 4.79 Å². The molecule has 4 rings (SSSR count). The third-order valence-corrected chi connectivity index (χ3v) is 5.33. The first-order valence-electron chi connectivity index (χ1n) is 9.38. The predicted molar refractivity (Wildman–Crippen MR) is 106 cm³/mol. The Hall–Kier alpha value is -2.81. The molecule has 0 aliphatic carbocycles. The fourth-order valence-corrected chi connectivity index (χ4v) is 3.74. The lowest BCUT2D eigenvalue weighted by Gasteiger charge is -2.30. The summed E-state index contributed by atoms with van der Waals surface area (Å²) >= 11 is 1.18. The van der Waals surface area contributed by atoms with Gasteiger partial charge in [-0.15, -0.1) is 0 Å². The minimum absolute atomic E-state index is 0.0637. The molecule has 146 valence electrons. The number of urea groups is 1. The van der Waals surface area contributed by atoms with Crippen LogP contribution in [-0.2, 0) is 0 Å². The first-order valence-corrected chi connectivity index (χ1v) is 10.2. The van der Waals surface area contributed by atoms with Gasteiger partial charge in [-0.25, -0.2) is 4.79 Å². The Kier molecular flexibility index (Phi) is 5.34. The second-order valence-electron chi connectivity index (χ2n) is 7.15. The van der Waals surface area contributed by atoms with E-state index < -0.39 is 0 Å². The number of piperidine rings is 1. The van der Waals surface area contributed by atoms with Crippen LogP contribution in [0, 0.1) is 0 Å². The molecule has 1 saturated heterocycles. The normalized spacial score (nSPS) is 17.1. The number of rotatable bonds is 4. The average molecular weight is 398 g/mol. The number of anilines is 1. The smallest absolute Gasteiger partial charge is 0.323 e. The molecule has 28 heavy (non-hydrogen) atoms. The monoisotopic (exact) mass is 398 g/mol. The molecule has 1 atom stereocenters. The van der Waals surface area contributed by atoms with Gasteiger partial charge in [-0.1, -0.05) is 49.3 Å². The van der Waals surface area contributed by atoms with Gasteiger partial charge in [0.25, 0.3) is 0 Å². The van der Waals surface area contributed by atoms with Crippen molar-refractivity contribution >= 4 is 22.7 Å². The number of nitrogens with zero attached hydrogens (tertiary/aromatic N) is 5. The van der Waals surface area contributed by atoms with Crippen LogP contribution in [0.5, 0.6) is 0 Å². The van der Waals surface area contributed by atoms with Crippen molar-refractivity contribution in [3.05, 3.63) is 42.0 Å². The van der Waals surface area contributed by atoms with Gasteiger partial charge in [0.15, 0.2) is 11.6 Å². The van der Waals surface area contributed by atoms with E-state index >= 15 is 0 Å². The number of hydrogen-bond acceptors (Lipinski definition) is 7. The van der Waals surface area contributed by atoms with Crippen molar-refractivity contribution in [2.24, 2.45) is 0 Å². The van der Waals surface area contributed by atoms with Crippen molar-refractivity contribution in [2.45, 2.75) is 38.5 Å². The summed E-state index contributed by atoms with van der Waals surface area (Å²) in [6, 6.07) is 9.52. The number of carbonyl (C=O) groups is 1. The van der Waals surface area contributed by atoms with Crippen LogP contribution in [0.4, 0.5) is 9.93 Å². The van der Waals surface area contributed by atoms with Crippen LogP contribution in [0.25, 0.3) is 11.4 Å². The van der Waals surface area contributed by atoms with E-state index in [1.807, 2.05) is 44.2 Å². The summed E-state index contributed by atoms with van der Waals surface area (Å²) < 4.78 is 9.75. The molecule has 0 bridgehead atoms. The van der Waals surface area contributed by atoms with Gasteiger partial charge in [-0.3, -0.25) is 5.32 Å². The van der Waals surface area contributed by atoms with E-state index in [1.54, 1.807) is 4.90 Å². The van der Waals surface area contributed by atoms with Crippen LogP contribution in [-0.4, -0.2) is 43.5 Å². The molecule has 0 spiro atoms. The van der Waals surface area contributed by atoms with Crippen LogP contribution in [0.15, 0.2) is 34.9 Å². The van der Waals surface area contributed by atoms with Gasteiger partial charge >= 0.3 is 6.03 Å². The predicted octanol–water partition coefficient (Wildman–Crippen LogP) is 4.12. The molecule has 3 aromatic rings. The standard InChI is InChI=1S/C19H22N6O2S/c1-12(2)15-20-17(27-23-15)14-9-6-10-25(11-14)19(26)22-18-21-16(24-28-18)13-7-4-3-5-8-13/h3-5,7-8,12,14H,6,9-11H2,1-2H3,(H,21,22,24,26)/t14-/m0/s1. The van der Waals surface area contributed by atoms with Crippen molar-refractivity contribution < 1.29 is 9.32 Å². The Morgan fingerprint density at radius 1 is 1.29 bits per heavy atom. The third-order valence-electron chi connectivity index (χ3n) is 4.70. The van der Waals surface area contributed by atoms with Gasteiger partial charge in [0.1, 0.15) is 0 Å². The van der Waals surface area contributed by atoms with Gasteiger partial charge in [-0.2, -0.15) is 14.3 Å². The zero-order valence-corrected chi connectivity index (χ0v) is 16.6. The van der Waals surface area contributed by atoms with Gasteiger partial charge < -0.3 is 9.42 Å². The van der Waals surface area contributed by atoms with Crippen LogP contribution in [0.3, 0.4) is 0 Å². The summed E-state index contributed by atoms with van der Waals surface area (Å²) in [5, 5.41) is 7.39. The zero-order valence-electron chi connectivity index (χ0n) is 15.8. The molecular formula is C19H22N6O2S. The van der Waals surface area contributed by atoms with Crippen LogP contribution in [0.1, 0.15) is 50.2 Å². The van der Waals surface area contributed by atoms with Crippen LogP contribution >= 0.6 is 11.5 Å². The molecule has 1 aliphatic rings. The van der Waals surface area contributed by atoms with Crippen LogP contribution < -0.4 is 5.32 Å². The van der Waals surface area contributed by atoms with Crippen molar-refractivity contribution in [3.8, 4) is 11.4 Å². The Labute approximate surface area is 167 Å². The van der Waals surface area contributed by atoms with Gasteiger partial charge in [0, 0.05) is 36.1 Å². The topological polar surface area (TPSA) is 97.0 Å². The molecule has 1 aliphatic heterocycles. The zero-order chi connectivity index (χ0) is 19.5. The number of hydrogen-bond donors (Lipinski definition) is 1. The number of benzene rings is 1. The Morgan fingerprint density at radius 3 is 2.86 bits per heavy atom. The summed E-state index contributed by atoms with van der Waals surface area (Å²) in [7, 11) is 0. The molecule has 2 aromatic heterocycles. The van der Waals surface area contributed by atoms with Crippen molar-refractivity contribution in [1.82, 2.24) is 24.4 Å². The van der Waals surface area contributed by atoms with E-state index in [-0.39, 0.29) is 17.9 Å². The highest BCUT2D eigenvalue weighted by atomic mass is 32.1. The molecule has 1 fully saturated rings. The van der Waals surface area contributed by atoms with Gasteiger partial charge in [0.05, 0.1) is 5.92 Å². The number of likely N-dealkylation sites (tertiary alicyclic amines) is 1. The third kappa shape index (κ3) is 4.04. The molecule has 8 nitrogen and oxygen atoms in total. The first-order chi connectivity index (χ1) is 13.6. The van der Waals surface area contributed by atoms with Gasteiger partial charge in [0.2, 0.25) is 11.0 Å². The van der Waals surface area contributed by atoms with Crippen molar-refractivity contribution in [1.29, 1.82) is 0 Å². The summed E-state index contributed by atoms with van der Waals surface area (Å²) in [6.45, 7) is 5.30. The van der Waals surface area contributed by atoms with Crippen molar-refractivity contribution in [3.63, 3.8) is 0 Å². The molecule has 2 amide bonds. The molecule has 1 aromatic carbocycles. The summed E-state index contributed by atoms with van der Waals surface area (Å²) in [6.07, 6.45) is 1.82. The van der Waals surface area contributed by atoms with Crippen LogP contribution in [0.2, 0.25) is 0 Å². The number of aromatic nitrogens is 4. The molecule has 1 N–H and O–H groups in total. The Bertz CT molecular complexity index is 939. The number of amides is 2. The highest BCUT2D eigenvalue weighted by Crippen LogP contribution is 2.27. The second-order valence-corrected chi connectivity index (χ2v) is 7.90. The highest BCUT2D eigenvalue weighted by molar-refractivity contribution is 7.10. The Morgan fingerprint density at radius 2 is 2.11 bits per heavy atom. The summed E-state index contributed by atoms with van der Waals surface area (Å²) in [4.78, 5) is 23.4. The van der Waals surface area contributed by atoms with E-state index in [0.717, 1.165) is 18.4 Å². The highest BCUT2D eigenvalue weighted by Gasteiger charge is 2.29. The quantitative estimate of drug-likeness (QED) is 0.710. The van der Waals surface area contributed by atoms with E-state index in [1.165, 1.54) is 11.5 Å². The summed E-state index contributed by atoms with van der Waals surface area (Å²) in [5.41, 5.74) is 0.926. The lowest BCUT2D eigenvalue weighted by atomic mass is 9.98. The number of carbonyl (C=O) groups excluding carboxylic acids is 1. The fourth-order valence-electron chi connectivity index (χ4n) is 3.16. The lowest BCUT2D eigenvalue weighted by molar-refractivity contribution is 0.184. The van der Waals surface area contributed by atoms with E-state index in [4.69, 9.17) is 4.52 Å². The average Bonchev–Trinajstić information content (AvgIpc) is 3.39. The van der Waals surface area contributed by atoms with Crippen molar-refractivity contribution in [2.75, 3.05) is 18.4 Å². The molecule has 9 heteroatoms. The first kappa shape index (κ1) is 18.5. The van der Waals surface area contributed by atoms with Gasteiger partial charge in [-0.05, 0) is 12.8 Å². The number of nitrogens with one attached hydrogen (secondary N) is 1. The second kappa shape index (κ2) is 8.05. The molecule has 0 saturated carbocycles. The molecule has 0 unspecified atom stereocenters.